The van der Waals surface area contributed by atoms with E-state index in [9.17, 15) is 4.79 Å². The fraction of sp³-hybridized carbons (Fsp3) is 0.938. The highest BCUT2D eigenvalue weighted by Crippen LogP contribution is 2.32. The summed E-state index contributed by atoms with van der Waals surface area (Å²) in [6.45, 7) is 10.7. The van der Waals surface area contributed by atoms with Crippen LogP contribution < -0.4 is 5.73 Å². The standard InChI is InChI=1S/C16H34N2O2/c1-5-6-11-18(12-13-19)15(20)8-7-14(9-10-17)16(2,3)4/h14,19H,5-13,17H2,1-4H3. The van der Waals surface area contributed by atoms with Crippen molar-refractivity contribution in [2.24, 2.45) is 17.1 Å². The lowest BCUT2D eigenvalue weighted by Gasteiger charge is -2.31. The number of unbranched alkanes of at least 4 members (excludes halogenated alkanes) is 1. The minimum Gasteiger partial charge on any atom is -0.395 e. The van der Waals surface area contributed by atoms with Crippen molar-refractivity contribution < 1.29 is 9.90 Å². The first kappa shape index (κ1) is 19.4. The van der Waals surface area contributed by atoms with Gasteiger partial charge >= 0.3 is 0 Å². The average Bonchev–Trinajstić information content (AvgIpc) is 2.37. The fourth-order valence-corrected chi connectivity index (χ4v) is 2.50. The molecule has 3 N–H and O–H groups in total. The maximum atomic E-state index is 12.3. The molecule has 1 atom stereocenters. The Labute approximate surface area is 124 Å². The molecule has 0 aromatic rings. The van der Waals surface area contributed by atoms with Crippen molar-refractivity contribution >= 4 is 5.91 Å². The van der Waals surface area contributed by atoms with Gasteiger partial charge < -0.3 is 15.7 Å². The first-order valence-corrected chi connectivity index (χ1v) is 7.95. The summed E-state index contributed by atoms with van der Waals surface area (Å²) in [6.07, 6.45) is 4.47. The zero-order valence-corrected chi connectivity index (χ0v) is 13.8. The monoisotopic (exact) mass is 286 g/mol. The highest BCUT2D eigenvalue weighted by Gasteiger charge is 2.25. The van der Waals surface area contributed by atoms with Gasteiger partial charge in [-0.2, -0.15) is 0 Å². The molecule has 120 valence electrons. The molecule has 0 bridgehead atoms. The third-order valence-electron chi connectivity index (χ3n) is 3.95. The average molecular weight is 286 g/mol. The van der Waals surface area contributed by atoms with Gasteiger partial charge in [-0.15, -0.1) is 0 Å². The number of aliphatic hydroxyl groups is 1. The van der Waals surface area contributed by atoms with E-state index in [-0.39, 0.29) is 17.9 Å². The smallest absolute Gasteiger partial charge is 0.222 e. The van der Waals surface area contributed by atoms with Crippen molar-refractivity contribution in [3.05, 3.63) is 0 Å². The highest BCUT2D eigenvalue weighted by atomic mass is 16.3. The zero-order valence-electron chi connectivity index (χ0n) is 13.8. The van der Waals surface area contributed by atoms with Gasteiger partial charge in [0.25, 0.3) is 0 Å². The van der Waals surface area contributed by atoms with Gasteiger partial charge in [0, 0.05) is 19.5 Å². The molecular formula is C16H34N2O2. The second-order valence-electron chi connectivity index (χ2n) is 6.64. The number of carbonyl (C=O) groups is 1. The van der Waals surface area contributed by atoms with Crippen molar-refractivity contribution in [3.8, 4) is 0 Å². The van der Waals surface area contributed by atoms with Crippen LogP contribution in [-0.4, -0.2) is 42.2 Å². The molecule has 4 heteroatoms. The molecule has 0 aromatic heterocycles. The molecule has 1 amide bonds. The number of nitrogens with zero attached hydrogens (tertiary/aromatic N) is 1. The fourth-order valence-electron chi connectivity index (χ4n) is 2.50. The number of rotatable bonds is 10. The summed E-state index contributed by atoms with van der Waals surface area (Å²) in [6, 6.07) is 0. The molecule has 1 unspecified atom stereocenters. The zero-order chi connectivity index (χ0) is 15.6. The molecule has 0 saturated heterocycles. The van der Waals surface area contributed by atoms with Crippen LogP contribution in [0.1, 0.15) is 59.8 Å². The molecule has 4 nitrogen and oxygen atoms in total. The normalized spacial score (nSPS) is 13.3. The van der Waals surface area contributed by atoms with E-state index in [4.69, 9.17) is 10.8 Å². The van der Waals surface area contributed by atoms with E-state index in [1.54, 1.807) is 4.90 Å². The summed E-state index contributed by atoms with van der Waals surface area (Å²) in [7, 11) is 0. The minimum absolute atomic E-state index is 0.0426. The number of aliphatic hydroxyl groups excluding tert-OH is 1. The molecular weight excluding hydrogens is 252 g/mol. The highest BCUT2D eigenvalue weighted by molar-refractivity contribution is 5.76. The van der Waals surface area contributed by atoms with Crippen molar-refractivity contribution in [2.45, 2.75) is 59.8 Å². The lowest BCUT2D eigenvalue weighted by Crippen LogP contribution is -2.35. The maximum absolute atomic E-state index is 12.3. The second-order valence-corrected chi connectivity index (χ2v) is 6.64. The van der Waals surface area contributed by atoms with Crippen molar-refractivity contribution in [1.29, 1.82) is 0 Å². The Hall–Kier alpha value is -0.610. The Morgan fingerprint density at radius 1 is 1.25 bits per heavy atom. The van der Waals surface area contributed by atoms with Crippen molar-refractivity contribution in [3.63, 3.8) is 0 Å². The molecule has 0 rings (SSSR count). The maximum Gasteiger partial charge on any atom is 0.222 e. The van der Waals surface area contributed by atoms with Gasteiger partial charge in [0.2, 0.25) is 5.91 Å². The first-order chi connectivity index (χ1) is 9.36. The lowest BCUT2D eigenvalue weighted by molar-refractivity contribution is -0.132. The third-order valence-corrected chi connectivity index (χ3v) is 3.95. The van der Waals surface area contributed by atoms with E-state index in [0.29, 0.717) is 25.4 Å². The molecule has 0 aliphatic heterocycles. The molecule has 0 aliphatic rings. The van der Waals surface area contributed by atoms with E-state index in [1.165, 1.54) is 0 Å². The third kappa shape index (κ3) is 7.85. The quantitative estimate of drug-likeness (QED) is 0.648. The van der Waals surface area contributed by atoms with Crippen LogP contribution in [0.4, 0.5) is 0 Å². The van der Waals surface area contributed by atoms with Gasteiger partial charge in [0.05, 0.1) is 6.61 Å². The number of hydrogen-bond acceptors (Lipinski definition) is 3. The number of nitrogens with two attached hydrogens (primary N) is 1. The molecule has 0 saturated carbocycles. The Morgan fingerprint density at radius 2 is 1.90 bits per heavy atom. The molecule has 0 spiro atoms. The van der Waals surface area contributed by atoms with Crippen LogP contribution >= 0.6 is 0 Å². The van der Waals surface area contributed by atoms with Crippen LogP contribution in [-0.2, 0) is 4.79 Å². The molecule has 0 aromatic carbocycles. The van der Waals surface area contributed by atoms with Crippen LogP contribution in [0.3, 0.4) is 0 Å². The van der Waals surface area contributed by atoms with Crippen LogP contribution in [0.25, 0.3) is 0 Å². The van der Waals surface area contributed by atoms with E-state index in [2.05, 4.69) is 27.7 Å². The van der Waals surface area contributed by atoms with Gasteiger partial charge in [0.1, 0.15) is 0 Å². The minimum atomic E-state index is 0.0426. The van der Waals surface area contributed by atoms with Crippen molar-refractivity contribution in [1.82, 2.24) is 4.90 Å². The van der Waals surface area contributed by atoms with Gasteiger partial charge in [0.15, 0.2) is 0 Å². The largest absolute Gasteiger partial charge is 0.395 e. The Morgan fingerprint density at radius 3 is 2.35 bits per heavy atom. The number of hydrogen-bond donors (Lipinski definition) is 2. The van der Waals surface area contributed by atoms with E-state index in [1.807, 2.05) is 0 Å². The van der Waals surface area contributed by atoms with Crippen molar-refractivity contribution in [2.75, 3.05) is 26.2 Å². The summed E-state index contributed by atoms with van der Waals surface area (Å²) in [5.41, 5.74) is 5.86. The SMILES string of the molecule is CCCCN(CCO)C(=O)CCC(CCN)C(C)(C)C. The molecule has 0 heterocycles. The summed E-state index contributed by atoms with van der Waals surface area (Å²) in [5.74, 6) is 0.636. The Kier molecular flexibility index (Phi) is 9.86. The summed E-state index contributed by atoms with van der Waals surface area (Å²) < 4.78 is 0. The lowest BCUT2D eigenvalue weighted by atomic mass is 9.76. The molecule has 0 radical (unpaired) electrons. The Balaban J connectivity index is 4.39. The number of carbonyl (C=O) groups excluding carboxylic acids is 1. The van der Waals surface area contributed by atoms with Crippen LogP contribution in [0.15, 0.2) is 0 Å². The second kappa shape index (κ2) is 10.2. The first-order valence-electron chi connectivity index (χ1n) is 7.95. The predicted octanol–water partition coefficient (Wildman–Crippen LogP) is 2.40. The van der Waals surface area contributed by atoms with E-state index < -0.39 is 0 Å². The van der Waals surface area contributed by atoms with Gasteiger partial charge in [-0.25, -0.2) is 0 Å². The van der Waals surface area contributed by atoms with Crippen LogP contribution in [0, 0.1) is 11.3 Å². The van der Waals surface area contributed by atoms with Gasteiger partial charge in [-0.1, -0.05) is 34.1 Å². The predicted molar refractivity (Wildman–Crippen MR) is 84.4 cm³/mol. The number of amides is 1. The van der Waals surface area contributed by atoms with Gasteiger partial charge in [-0.05, 0) is 37.1 Å². The molecule has 0 fully saturated rings. The van der Waals surface area contributed by atoms with Crippen LogP contribution in [0.5, 0.6) is 0 Å². The van der Waals surface area contributed by atoms with Gasteiger partial charge in [-0.3, -0.25) is 4.79 Å². The summed E-state index contributed by atoms with van der Waals surface area (Å²) >= 11 is 0. The molecule has 20 heavy (non-hydrogen) atoms. The topological polar surface area (TPSA) is 66.6 Å². The summed E-state index contributed by atoms with van der Waals surface area (Å²) in [5, 5.41) is 9.07. The van der Waals surface area contributed by atoms with Crippen LogP contribution in [0.2, 0.25) is 0 Å². The van der Waals surface area contributed by atoms with E-state index in [0.717, 1.165) is 32.2 Å². The van der Waals surface area contributed by atoms with E-state index >= 15 is 0 Å². The summed E-state index contributed by atoms with van der Waals surface area (Å²) in [4.78, 5) is 14.1. The molecule has 0 aliphatic carbocycles. The Bertz CT molecular complexity index is 262.